The molecule has 0 radical (unpaired) electrons. The Bertz CT molecular complexity index is 675. The van der Waals surface area contributed by atoms with E-state index in [4.69, 9.17) is 10.8 Å². The number of benzene rings is 1. The van der Waals surface area contributed by atoms with Gasteiger partial charge in [-0.15, -0.1) is 5.10 Å². The number of nitrogens with two attached hydrogens (primary N) is 1. The predicted octanol–water partition coefficient (Wildman–Crippen LogP) is 0.481. The van der Waals surface area contributed by atoms with Gasteiger partial charge in [0, 0.05) is 12.3 Å². The molecular weight excluding hydrogens is 328 g/mol. The maximum absolute atomic E-state index is 10.9. The van der Waals surface area contributed by atoms with Crippen molar-refractivity contribution < 1.29 is 9.90 Å². The lowest BCUT2D eigenvalue weighted by Crippen LogP contribution is -2.32. The third-order valence-corrected chi connectivity index (χ3v) is 4.42. The number of hydrogen-bond donors (Lipinski definition) is 2. The summed E-state index contributed by atoms with van der Waals surface area (Å²) in [5.41, 5.74) is 7.58. The van der Waals surface area contributed by atoms with E-state index in [1.807, 2.05) is 38.4 Å². The third-order valence-electron chi connectivity index (χ3n) is 3.39. The first-order valence-corrected chi connectivity index (χ1v) is 8.54. The molecule has 0 fully saturated rings. The lowest BCUT2D eigenvalue weighted by molar-refractivity contribution is -0.138. The van der Waals surface area contributed by atoms with E-state index < -0.39 is 12.0 Å². The summed E-state index contributed by atoms with van der Waals surface area (Å²) >= 11 is 1.55. The molecule has 0 saturated heterocycles. The number of carboxylic acids is 1. The molecule has 8 nitrogen and oxygen atoms in total. The normalized spacial score (nSPS) is 12.5. The number of nitrogens with zero attached hydrogens (tertiary/aromatic N) is 5. The van der Waals surface area contributed by atoms with Crippen LogP contribution in [0.2, 0.25) is 0 Å². The molecule has 3 N–H and O–H groups in total. The minimum absolute atomic E-state index is 0.314. The Balaban J connectivity index is 1.95. The molecule has 0 aliphatic heterocycles. The maximum atomic E-state index is 10.9. The number of tetrazole rings is 1. The minimum Gasteiger partial charge on any atom is -0.480 e. The third kappa shape index (κ3) is 5.59. The van der Waals surface area contributed by atoms with Crippen molar-refractivity contribution in [3.05, 3.63) is 35.4 Å². The summed E-state index contributed by atoms with van der Waals surface area (Å²) in [7, 11) is 4.01. The van der Waals surface area contributed by atoms with Gasteiger partial charge in [0.25, 0.3) is 0 Å². The van der Waals surface area contributed by atoms with E-state index in [9.17, 15) is 4.79 Å². The summed E-state index contributed by atoms with van der Waals surface area (Å²) in [4.78, 5) is 12.9. The average molecular weight is 350 g/mol. The van der Waals surface area contributed by atoms with E-state index >= 15 is 0 Å². The van der Waals surface area contributed by atoms with Crippen LogP contribution in [-0.2, 0) is 23.5 Å². The first kappa shape index (κ1) is 18.4. The average Bonchev–Trinajstić information content (AvgIpc) is 2.98. The van der Waals surface area contributed by atoms with E-state index in [1.54, 1.807) is 16.4 Å². The highest BCUT2D eigenvalue weighted by molar-refractivity contribution is 7.98. The Hall–Kier alpha value is -1.97. The summed E-state index contributed by atoms with van der Waals surface area (Å²) in [6.45, 7) is 1.59. The molecule has 24 heavy (non-hydrogen) atoms. The summed E-state index contributed by atoms with van der Waals surface area (Å²) < 4.78 is 1.79. The molecule has 2 aromatic rings. The molecular formula is C15H22N6O2S. The Morgan fingerprint density at radius 2 is 2.17 bits per heavy atom. The second-order valence-electron chi connectivity index (χ2n) is 5.75. The molecule has 0 amide bonds. The van der Waals surface area contributed by atoms with Gasteiger partial charge in [0.05, 0.1) is 6.54 Å². The first-order chi connectivity index (χ1) is 11.5. The molecule has 1 atom stereocenters. The van der Waals surface area contributed by atoms with Gasteiger partial charge in [-0.05, 0) is 42.1 Å². The molecule has 9 heteroatoms. The minimum atomic E-state index is -0.991. The van der Waals surface area contributed by atoms with Gasteiger partial charge in [-0.3, -0.25) is 4.79 Å². The van der Waals surface area contributed by atoms with Crippen LogP contribution in [0.25, 0.3) is 0 Å². The molecule has 130 valence electrons. The summed E-state index contributed by atoms with van der Waals surface area (Å²) in [6, 6.07) is 6.89. The number of carbonyl (C=O) groups is 1. The number of aromatic nitrogens is 4. The van der Waals surface area contributed by atoms with Crippen molar-refractivity contribution in [1.82, 2.24) is 25.1 Å². The van der Waals surface area contributed by atoms with Crippen LogP contribution in [0, 0.1) is 0 Å². The van der Waals surface area contributed by atoms with Crippen LogP contribution in [0.15, 0.2) is 29.4 Å². The summed E-state index contributed by atoms with van der Waals surface area (Å²) in [5.74, 6) is -0.284. The topological polar surface area (TPSA) is 110 Å². The number of hydrogen-bond acceptors (Lipinski definition) is 7. The SMILES string of the molecule is CN(C)CCn1nnnc1SCc1cccc(C[C@H](N)C(=O)O)c1. The largest absolute Gasteiger partial charge is 0.480 e. The van der Waals surface area contributed by atoms with E-state index in [2.05, 4.69) is 20.4 Å². The van der Waals surface area contributed by atoms with Crippen molar-refractivity contribution in [2.75, 3.05) is 20.6 Å². The number of thioether (sulfide) groups is 1. The standard InChI is InChI=1S/C15H22N6O2S/c1-20(2)6-7-21-15(17-18-19-21)24-10-12-5-3-4-11(8-12)9-13(16)14(22)23/h3-5,8,13H,6-7,9-10,16H2,1-2H3,(H,22,23)/t13-/m0/s1. The van der Waals surface area contributed by atoms with Crippen molar-refractivity contribution in [1.29, 1.82) is 0 Å². The van der Waals surface area contributed by atoms with Crippen LogP contribution in [0.4, 0.5) is 0 Å². The Morgan fingerprint density at radius 1 is 1.42 bits per heavy atom. The molecule has 2 rings (SSSR count). The molecule has 0 spiro atoms. The van der Waals surface area contributed by atoms with Crippen molar-refractivity contribution >= 4 is 17.7 Å². The van der Waals surface area contributed by atoms with Crippen LogP contribution < -0.4 is 5.73 Å². The summed E-state index contributed by atoms with van der Waals surface area (Å²) in [5, 5.41) is 21.5. The molecule has 1 aromatic heterocycles. The van der Waals surface area contributed by atoms with Crippen LogP contribution in [0.3, 0.4) is 0 Å². The van der Waals surface area contributed by atoms with Crippen LogP contribution in [0.5, 0.6) is 0 Å². The van der Waals surface area contributed by atoms with Gasteiger partial charge < -0.3 is 15.7 Å². The number of rotatable bonds is 9. The molecule has 1 aromatic carbocycles. The first-order valence-electron chi connectivity index (χ1n) is 7.55. The smallest absolute Gasteiger partial charge is 0.320 e. The molecule has 0 aliphatic rings. The van der Waals surface area contributed by atoms with Crippen LogP contribution >= 0.6 is 11.8 Å². The second kappa shape index (κ2) is 8.76. The van der Waals surface area contributed by atoms with Gasteiger partial charge in [-0.2, -0.15) is 0 Å². The number of carboxylic acid groups (broad SMARTS) is 1. The fraction of sp³-hybridized carbons (Fsp3) is 0.467. The van der Waals surface area contributed by atoms with E-state index in [-0.39, 0.29) is 0 Å². The zero-order valence-electron chi connectivity index (χ0n) is 13.8. The number of likely N-dealkylation sites (N-methyl/N-ethyl adjacent to an activating group) is 1. The Morgan fingerprint density at radius 3 is 2.88 bits per heavy atom. The van der Waals surface area contributed by atoms with Crippen molar-refractivity contribution in [3.8, 4) is 0 Å². The van der Waals surface area contributed by atoms with Gasteiger partial charge in [-0.1, -0.05) is 36.0 Å². The quantitative estimate of drug-likeness (QED) is 0.629. The van der Waals surface area contributed by atoms with Crippen LogP contribution in [0.1, 0.15) is 11.1 Å². The lowest BCUT2D eigenvalue weighted by Gasteiger charge is -2.10. The number of aliphatic carboxylic acids is 1. The maximum Gasteiger partial charge on any atom is 0.320 e. The molecule has 1 heterocycles. The molecule has 0 saturated carbocycles. The molecule has 0 bridgehead atoms. The van der Waals surface area contributed by atoms with Crippen molar-refractivity contribution in [3.63, 3.8) is 0 Å². The molecule has 0 unspecified atom stereocenters. The summed E-state index contributed by atoms with van der Waals surface area (Å²) in [6.07, 6.45) is 0.314. The van der Waals surface area contributed by atoms with Gasteiger partial charge in [0.1, 0.15) is 6.04 Å². The van der Waals surface area contributed by atoms with Gasteiger partial charge in [0.15, 0.2) is 0 Å². The van der Waals surface area contributed by atoms with Gasteiger partial charge in [0.2, 0.25) is 5.16 Å². The van der Waals surface area contributed by atoms with Gasteiger partial charge in [-0.25, -0.2) is 4.68 Å². The van der Waals surface area contributed by atoms with Gasteiger partial charge >= 0.3 is 5.97 Å². The highest BCUT2D eigenvalue weighted by atomic mass is 32.2. The fourth-order valence-electron chi connectivity index (χ4n) is 2.07. The van der Waals surface area contributed by atoms with Crippen molar-refractivity contribution in [2.24, 2.45) is 5.73 Å². The van der Waals surface area contributed by atoms with E-state index in [0.29, 0.717) is 12.2 Å². The van der Waals surface area contributed by atoms with Crippen LogP contribution in [-0.4, -0.2) is 62.9 Å². The monoisotopic (exact) mass is 350 g/mol. The van der Waals surface area contributed by atoms with E-state index in [0.717, 1.165) is 29.4 Å². The Labute approximate surface area is 145 Å². The van der Waals surface area contributed by atoms with Crippen molar-refractivity contribution in [2.45, 2.75) is 29.9 Å². The predicted molar refractivity (Wildman–Crippen MR) is 91.7 cm³/mol. The second-order valence-corrected chi connectivity index (χ2v) is 6.69. The lowest BCUT2D eigenvalue weighted by atomic mass is 10.0. The van der Waals surface area contributed by atoms with E-state index in [1.165, 1.54) is 0 Å². The zero-order chi connectivity index (χ0) is 17.5. The Kier molecular flexibility index (Phi) is 6.71. The molecule has 0 aliphatic carbocycles. The highest BCUT2D eigenvalue weighted by Crippen LogP contribution is 2.20. The highest BCUT2D eigenvalue weighted by Gasteiger charge is 2.12. The fourth-order valence-corrected chi connectivity index (χ4v) is 2.92. The zero-order valence-corrected chi connectivity index (χ0v) is 14.6.